The van der Waals surface area contributed by atoms with Crippen LogP contribution in [0.15, 0.2) is 85.2 Å². The van der Waals surface area contributed by atoms with Gasteiger partial charge in [0.25, 0.3) is 0 Å². The van der Waals surface area contributed by atoms with Crippen LogP contribution in [0.5, 0.6) is 17.2 Å². The number of carbonyl (C=O) groups excluding carboxylic acids is 4. The summed E-state index contributed by atoms with van der Waals surface area (Å²) in [4.78, 5) is 48.6. The van der Waals surface area contributed by atoms with Crippen LogP contribution in [0, 0.1) is 0 Å². The van der Waals surface area contributed by atoms with Gasteiger partial charge < -0.3 is 28.4 Å². The smallest absolute Gasteiger partial charge is 0.366 e. The fourth-order valence-electron chi connectivity index (χ4n) is 6.63. The SMILES string of the molecule is C=C(F)C(=O)OCCCCCCOc1ccc(OC(=O)c2ccc3c(c2)C(C)c2cc(OCCCOC(=O)C(=C)CC(=O)OC4CCCCC4)ccc2-3)cc1. The van der Waals surface area contributed by atoms with Gasteiger partial charge in [0.2, 0.25) is 5.83 Å². The van der Waals surface area contributed by atoms with Crippen molar-refractivity contribution in [1.82, 2.24) is 0 Å². The third-order valence-corrected chi connectivity index (χ3v) is 9.62. The lowest BCUT2D eigenvalue weighted by Crippen LogP contribution is -2.22. The predicted molar refractivity (Wildman–Crippen MR) is 204 cm³/mol. The number of benzene rings is 3. The van der Waals surface area contributed by atoms with E-state index >= 15 is 0 Å². The number of carbonyl (C=O) groups is 4. The third kappa shape index (κ3) is 12.0. The number of hydrogen-bond acceptors (Lipinski definition) is 10. The molecule has 0 aliphatic heterocycles. The summed E-state index contributed by atoms with van der Waals surface area (Å²) in [5.41, 5.74) is 4.75. The van der Waals surface area contributed by atoms with Gasteiger partial charge in [-0.1, -0.05) is 38.6 Å². The van der Waals surface area contributed by atoms with Crippen molar-refractivity contribution in [2.45, 2.75) is 89.6 Å². The minimum atomic E-state index is -1.09. The lowest BCUT2D eigenvalue weighted by atomic mass is 9.98. The van der Waals surface area contributed by atoms with Crippen molar-refractivity contribution in [3.05, 3.63) is 102 Å². The van der Waals surface area contributed by atoms with E-state index in [-0.39, 0.29) is 37.2 Å². The molecule has 0 aromatic heterocycles. The minimum Gasteiger partial charge on any atom is -0.494 e. The van der Waals surface area contributed by atoms with Crippen LogP contribution in [0.2, 0.25) is 0 Å². The van der Waals surface area contributed by atoms with E-state index < -0.39 is 29.7 Å². The molecule has 292 valence electrons. The summed E-state index contributed by atoms with van der Waals surface area (Å²) in [6.07, 6.45) is 8.32. The Morgan fingerprint density at radius 1 is 0.673 bits per heavy atom. The van der Waals surface area contributed by atoms with Gasteiger partial charge in [0.1, 0.15) is 23.4 Å². The van der Waals surface area contributed by atoms with Gasteiger partial charge in [-0.25, -0.2) is 14.4 Å². The number of rotatable bonds is 20. The first-order valence-electron chi connectivity index (χ1n) is 19.0. The summed E-state index contributed by atoms with van der Waals surface area (Å²) in [5, 5.41) is 0. The highest BCUT2D eigenvalue weighted by Crippen LogP contribution is 2.46. The van der Waals surface area contributed by atoms with Gasteiger partial charge in [-0.05, 0) is 122 Å². The normalized spacial score (nSPS) is 14.5. The van der Waals surface area contributed by atoms with Crippen molar-refractivity contribution < 1.29 is 52.0 Å². The molecule has 10 nitrogen and oxygen atoms in total. The van der Waals surface area contributed by atoms with E-state index in [9.17, 15) is 23.6 Å². The van der Waals surface area contributed by atoms with Crippen LogP contribution in [0.25, 0.3) is 11.1 Å². The molecule has 1 saturated carbocycles. The highest BCUT2D eigenvalue weighted by Gasteiger charge is 2.27. The van der Waals surface area contributed by atoms with Crippen LogP contribution in [-0.4, -0.2) is 56.4 Å². The number of ether oxygens (including phenoxy) is 6. The van der Waals surface area contributed by atoms with Gasteiger partial charge in [0.15, 0.2) is 0 Å². The van der Waals surface area contributed by atoms with Crippen LogP contribution in [0.3, 0.4) is 0 Å². The molecule has 2 aliphatic carbocycles. The molecule has 0 heterocycles. The average molecular weight is 757 g/mol. The van der Waals surface area contributed by atoms with Crippen LogP contribution in [-0.2, 0) is 28.6 Å². The fourth-order valence-corrected chi connectivity index (χ4v) is 6.63. The van der Waals surface area contributed by atoms with Crippen LogP contribution in [0.4, 0.5) is 4.39 Å². The van der Waals surface area contributed by atoms with E-state index in [2.05, 4.69) is 20.1 Å². The van der Waals surface area contributed by atoms with Crippen molar-refractivity contribution in [2.75, 3.05) is 26.4 Å². The van der Waals surface area contributed by atoms with Crippen molar-refractivity contribution in [3.63, 3.8) is 0 Å². The first-order chi connectivity index (χ1) is 26.6. The lowest BCUT2D eigenvalue weighted by molar-refractivity contribution is -0.151. The predicted octanol–water partition coefficient (Wildman–Crippen LogP) is 9.14. The quantitative estimate of drug-likeness (QED) is 0.0363. The molecule has 0 bridgehead atoms. The number of fused-ring (bicyclic) bond motifs is 3. The highest BCUT2D eigenvalue weighted by atomic mass is 19.1. The number of esters is 4. The van der Waals surface area contributed by atoms with E-state index in [4.69, 9.17) is 28.4 Å². The largest absolute Gasteiger partial charge is 0.494 e. The topological polar surface area (TPSA) is 124 Å². The zero-order valence-corrected chi connectivity index (χ0v) is 31.4. The molecule has 0 spiro atoms. The average Bonchev–Trinajstić information content (AvgIpc) is 3.46. The van der Waals surface area contributed by atoms with Crippen LogP contribution in [0.1, 0.15) is 105 Å². The summed E-state index contributed by atoms with van der Waals surface area (Å²) in [5.74, 6) is -1.87. The molecule has 3 aromatic carbocycles. The fraction of sp³-hybridized carbons (Fsp3) is 0.409. The van der Waals surface area contributed by atoms with Crippen molar-refractivity contribution in [3.8, 4) is 28.4 Å². The molecular formula is C44H49FO10. The first kappa shape index (κ1) is 40.7. The van der Waals surface area contributed by atoms with E-state index in [0.717, 1.165) is 73.6 Å². The van der Waals surface area contributed by atoms with E-state index in [1.807, 2.05) is 30.3 Å². The van der Waals surface area contributed by atoms with E-state index in [1.165, 1.54) is 0 Å². The molecule has 0 radical (unpaired) electrons. The maximum atomic E-state index is 13.1. The first-order valence-corrected chi connectivity index (χ1v) is 19.0. The summed E-state index contributed by atoms with van der Waals surface area (Å²) in [6, 6.07) is 18.4. The highest BCUT2D eigenvalue weighted by molar-refractivity contribution is 5.94. The van der Waals surface area contributed by atoms with Crippen LogP contribution >= 0.6 is 0 Å². The van der Waals surface area contributed by atoms with Gasteiger partial charge in [0, 0.05) is 17.9 Å². The van der Waals surface area contributed by atoms with Crippen LogP contribution < -0.4 is 14.2 Å². The summed E-state index contributed by atoms with van der Waals surface area (Å²) < 4.78 is 45.5. The van der Waals surface area contributed by atoms with Crippen molar-refractivity contribution in [1.29, 1.82) is 0 Å². The molecule has 1 unspecified atom stereocenters. The maximum absolute atomic E-state index is 13.1. The summed E-state index contributed by atoms with van der Waals surface area (Å²) in [6.45, 7) is 9.81. The Labute approximate surface area is 321 Å². The molecule has 2 aliphatic rings. The number of hydrogen-bond donors (Lipinski definition) is 0. The monoisotopic (exact) mass is 756 g/mol. The lowest BCUT2D eigenvalue weighted by Gasteiger charge is -2.21. The molecule has 3 aromatic rings. The van der Waals surface area contributed by atoms with Crippen molar-refractivity contribution in [2.24, 2.45) is 0 Å². The van der Waals surface area contributed by atoms with Gasteiger partial charge in [-0.3, -0.25) is 4.79 Å². The Balaban J connectivity index is 1.01. The summed E-state index contributed by atoms with van der Waals surface area (Å²) >= 11 is 0. The zero-order valence-electron chi connectivity index (χ0n) is 31.4. The Bertz CT molecular complexity index is 1840. The van der Waals surface area contributed by atoms with E-state index in [0.29, 0.717) is 48.9 Å². The molecule has 5 rings (SSSR count). The Morgan fingerprint density at radius 3 is 1.98 bits per heavy atom. The number of unbranched alkanes of at least 4 members (excludes halogenated alkanes) is 3. The Morgan fingerprint density at radius 2 is 1.25 bits per heavy atom. The second-order valence-electron chi connectivity index (χ2n) is 13.8. The second-order valence-corrected chi connectivity index (χ2v) is 13.8. The molecule has 11 heteroatoms. The molecule has 55 heavy (non-hydrogen) atoms. The van der Waals surface area contributed by atoms with Gasteiger partial charge in [0.05, 0.1) is 38.4 Å². The molecule has 1 atom stereocenters. The third-order valence-electron chi connectivity index (χ3n) is 9.62. The van der Waals surface area contributed by atoms with E-state index in [1.54, 1.807) is 30.3 Å². The molecule has 0 amide bonds. The standard InChI is InChI=1S/C44H49FO10/c1-29(26-41(46)54-34-12-7-6-8-13-34)42(47)52-25-11-24-51-36-19-21-38-37-20-14-32(27-39(37)30(2)40(38)28-36)44(49)55-35-17-15-33(16-18-35)50-22-9-4-5-10-23-53-43(48)31(3)45/h14-21,27-28,30,34H,1,3-13,22-26H2,2H3. The van der Waals surface area contributed by atoms with Gasteiger partial charge in [-0.15, -0.1) is 0 Å². The van der Waals surface area contributed by atoms with Gasteiger partial charge in [-0.2, -0.15) is 4.39 Å². The Kier molecular flexibility index (Phi) is 15.0. The Hall–Kier alpha value is -5.45. The second kappa shape index (κ2) is 20.3. The molecule has 1 fully saturated rings. The molecule has 0 saturated heterocycles. The molecular weight excluding hydrogens is 707 g/mol. The zero-order chi connectivity index (χ0) is 39.2. The number of halogens is 1. The minimum absolute atomic E-state index is 0.0221. The molecule has 0 N–H and O–H groups in total. The van der Waals surface area contributed by atoms with Gasteiger partial charge >= 0.3 is 23.9 Å². The summed E-state index contributed by atoms with van der Waals surface area (Å²) in [7, 11) is 0. The maximum Gasteiger partial charge on any atom is 0.366 e. The van der Waals surface area contributed by atoms with Crippen molar-refractivity contribution >= 4 is 23.9 Å².